The molecule has 0 N–H and O–H groups in total. The van der Waals surface area contributed by atoms with E-state index in [0.29, 0.717) is 15.0 Å². The Morgan fingerprint density at radius 1 is 0.860 bits per heavy atom. The van der Waals surface area contributed by atoms with E-state index in [9.17, 15) is 0 Å². The molecule has 6 aliphatic carbocycles. The minimum Gasteiger partial charge on any atom is -1.00 e. The molecule has 6 bridgehead atoms. The van der Waals surface area contributed by atoms with Crippen LogP contribution in [0.2, 0.25) is 13.1 Å². The summed E-state index contributed by atoms with van der Waals surface area (Å²) in [5.74, 6) is 3.68. The van der Waals surface area contributed by atoms with Crippen LogP contribution in [-0.4, -0.2) is 8.07 Å². The summed E-state index contributed by atoms with van der Waals surface area (Å²) in [5, 5.41) is 4.02. The fourth-order valence-corrected chi connectivity index (χ4v) is 18.6. The monoisotopic (exact) mass is 719 g/mol. The van der Waals surface area contributed by atoms with Crippen molar-refractivity contribution in [1.82, 2.24) is 0 Å². The predicted molar refractivity (Wildman–Crippen MR) is 174 cm³/mol. The molecule has 1 aromatic heterocycles. The summed E-state index contributed by atoms with van der Waals surface area (Å²) in [5.41, 5.74) is 13.9. The number of hydrogen-bond acceptors (Lipinski definition) is 1. The topological polar surface area (TPSA) is 0 Å². The summed E-state index contributed by atoms with van der Waals surface area (Å²) in [7, 11) is -0.972. The minimum atomic E-state index is -0.972. The van der Waals surface area contributed by atoms with E-state index >= 15 is 0 Å². The van der Waals surface area contributed by atoms with Crippen molar-refractivity contribution in [2.24, 2.45) is 23.7 Å². The number of rotatable bonds is 3. The molecule has 2 unspecified atom stereocenters. The first-order valence-electron chi connectivity index (χ1n) is 16.1. The average Bonchev–Trinajstić information content (AvgIpc) is 3.65. The van der Waals surface area contributed by atoms with E-state index in [4.69, 9.17) is 0 Å². The molecule has 0 spiro atoms. The van der Waals surface area contributed by atoms with E-state index in [2.05, 4.69) is 93.9 Å². The third-order valence-corrected chi connectivity index (χ3v) is 18.9. The van der Waals surface area contributed by atoms with E-state index in [1.54, 1.807) is 62.6 Å². The second-order valence-corrected chi connectivity index (χ2v) is 22.1. The Kier molecular flexibility index (Phi) is 8.64. The van der Waals surface area contributed by atoms with Crippen LogP contribution in [0.5, 0.6) is 0 Å². The molecule has 8 aliphatic rings. The van der Waals surface area contributed by atoms with Crippen molar-refractivity contribution in [2.75, 3.05) is 0 Å². The second kappa shape index (κ2) is 11.5. The molecule has 2 aliphatic heterocycles. The largest absolute Gasteiger partial charge is 1.00 e. The van der Waals surface area contributed by atoms with Crippen molar-refractivity contribution in [2.45, 2.75) is 87.0 Å². The average molecular weight is 722 g/mol. The van der Waals surface area contributed by atoms with E-state index in [1.807, 2.05) is 11.3 Å². The van der Waals surface area contributed by atoms with Crippen LogP contribution in [0.4, 0.5) is 0 Å². The normalized spacial score (nSPS) is 31.3. The summed E-state index contributed by atoms with van der Waals surface area (Å²) in [6.07, 6.45) is 11.5. The summed E-state index contributed by atoms with van der Waals surface area (Å²) >= 11 is 3.56. The molecule has 0 radical (unpaired) electrons. The van der Waals surface area contributed by atoms with Gasteiger partial charge in [0.15, 0.2) is 0 Å². The molecule has 2 atom stereocenters. The van der Waals surface area contributed by atoms with Gasteiger partial charge < -0.3 is 24.8 Å². The van der Waals surface area contributed by atoms with Gasteiger partial charge in [0, 0.05) is 10.4 Å². The van der Waals surface area contributed by atoms with Crippen LogP contribution in [0.15, 0.2) is 65.1 Å². The molecule has 43 heavy (non-hydrogen) atoms. The Morgan fingerprint density at radius 2 is 1.49 bits per heavy atom. The van der Waals surface area contributed by atoms with Gasteiger partial charge in [-0.2, -0.15) is 0 Å². The van der Waals surface area contributed by atoms with Gasteiger partial charge in [0.1, 0.15) is 0 Å². The first-order valence-corrected chi connectivity index (χ1v) is 21.5. The fraction of sp³-hybridized carbons (Fsp3) is 0.474. The first kappa shape index (κ1) is 32.2. The molecule has 223 valence electrons. The van der Waals surface area contributed by atoms with Crippen molar-refractivity contribution >= 4 is 30.7 Å². The minimum absolute atomic E-state index is 0. The molecular weight excluding hydrogens is 679 g/mol. The number of allylic oxidation sites excluding steroid dienone is 2. The van der Waals surface area contributed by atoms with Gasteiger partial charge in [0.05, 0.1) is 8.07 Å². The molecule has 3 heterocycles. The van der Waals surface area contributed by atoms with Gasteiger partial charge in [-0.1, -0.05) is 18.7 Å². The molecule has 0 saturated heterocycles. The van der Waals surface area contributed by atoms with Crippen molar-refractivity contribution < 1.29 is 49.5 Å². The van der Waals surface area contributed by atoms with Gasteiger partial charge in [-0.15, -0.1) is 11.3 Å². The SMILES string of the molecule is CC(C)C1=Cc2c(-c3ccc(C45CC6CC(CC(C6)C4)C5)cc3)cccc2[CH]1[Zr+2].CC1=C2c3sccc3C1[Si]2(C)C.[Cl-].[Cl-]. The second-order valence-electron chi connectivity index (χ2n) is 15.2. The maximum Gasteiger partial charge on any atom is 0.0941 e. The number of fused-ring (bicyclic) bond motifs is 1. The standard InChI is InChI=1S/C28H31.C10H12SSi.2ClH.Zr/c1-18(2)24-13-23-4-3-5-26(27(23)14-24)22-6-8-25(9-7-22)28-15-19-10-20(16-28)12-21(11-19)17-28;1-6-9-7-4-5-11-8(7)10(6)12(9,2)3;;;/h3-9,13-14,18-21H,10-12,15-17H2,1-2H3;4-5,9H,1-3H3;2*1H;/q;;;;+2/p-2. The van der Waals surface area contributed by atoms with Gasteiger partial charge in [0.2, 0.25) is 0 Å². The maximum atomic E-state index is 2.51. The number of thiophene rings is 1. The Morgan fingerprint density at radius 3 is 2.05 bits per heavy atom. The molecule has 0 amide bonds. The zero-order chi connectivity index (χ0) is 28.3. The fourth-order valence-electron chi connectivity index (χ4n) is 10.7. The summed E-state index contributed by atoms with van der Waals surface area (Å²) in [6.45, 7) is 12.0. The molecule has 11 rings (SSSR count). The molecule has 0 nitrogen and oxygen atoms in total. The molecule has 4 fully saturated rings. The van der Waals surface area contributed by atoms with Crippen LogP contribution < -0.4 is 24.8 Å². The Balaban J connectivity index is 0.000000197. The van der Waals surface area contributed by atoms with E-state index < -0.39 is 8.07 Å². The number of halogens is 2. The molecule has 2 aromatic carbocycles. The van der Waals surface area contributed by atoms with E-state index in [-0.39, 0.29) is 24.8 Å². The van der Waals surface area contributed by atoms with Gasteiger partial charge in [-0.3, -0.25) is 0 Å². The van der Waals surface area contributed by atoms with Gasteiger partial charge in [0.25, 0.3) is 0 Å². The van der Waals surface area contributed by atoms with Gasteiger partial charge >= 0.3 is 192 Å². The summed E-state index contributed by atoms with van der Waals surface area (Å²) in [4.78, 5) is 1.63. The Bertz CT molecular complexity index is 1580. The number of benzene rings is 2. The Hall–Kier alpha value is -0.700. The molecular formula is C38H43Cl2SSiZr. The van der Waals surface area contributed by atoms with Crippen LogP contribution in [0.25, 0.3) is 22.4 Å². The summed E-state index contributed by atoms with van der Waals surface area (Å²) < 4.78 is 0.642. The first-order chi connectivity index (χ1) is 19.7. The molecule has 5 heteroatoms. The molecule has 3 aromatic rings. The van der Waals surface area contributed by atoms with Crippen molar-refractivity contribution in [3.8, 4) is 11.1 Å². The van der Waals surface area contributed by atoms with Crippen LogP contribution >= 0.6 is 11.3 Å². The predicted octanol–water partition coefficient (Wildman–Crippen LogP) is 4.89. The van der Waals surface area contributed by atoms with Crippen molar-refractivity contribution in [3.63, 3.8) is 0 Å². The zero-order valence-corrected chi connectivity index (χ0v) is 31.9. The Labute approximate surface area is 291 Å². The summed E-state index contributed by atoms with van der Waals surface area (Å²) in [6, 6.07) is 19.2. The smallest absolute Gasteiger partial charge is 0.0941 e. The van der Waals surface area contributed by atoms with Crippen LogP contribution in [0, 0.1) is 23.7 Å². The van der Waals surface area contributed by atoms with Gasteiger partial charge in [-0.05, 0) is 29.1 Å². The maximum absolute atomic E-state index is 2.51. The number of hydrogen-bond donors (Lipinski definition) is 0. The van der Waals surface area contributed by atoms with Crippen LogP contribution in [0.1, 0.15) is 95.6 Å². The van der Waals surface area contributed by atoms with Crippen LogP contribution in [-0.2, 0) is 30.1 Å². The quantitative estimate of drug-likeness (QED) is 0.339. The van der Waals surface area contributed by atoms with Crippen molar-refractivity contribution in [1.29, 1.82) is 0 Å². The van der Waals surface area contributed by atoms with Gasteiger partial charge in [-0.25, -0.2) is 0 Å². The van der Waals surface area contributed by atoms with E-state index in [0.717, 1.165) is 23.3 Å². The van der Waals surface area contributed by atoms with Crippen LogP contribution in [0.3, 0.4) is 0 Å². The third kappa shape index (κ3) is 4.88. The van der Waals surface area contributed by atoms with E-state index in [1.165, 1.54) is 55.2 Å². The zero-order valence-electron chi connectivity index (χ0n) is 26.1. The van der Waals surface area contributed by atoms with Crippen molar-refractivity contribution in [3.05, 3.63) is 92.2 Å². The molecule has 4 saturated carbocycles. The third-order valence-electron chi connectivity index (χ3n) is 12.0.